The minimum absolute atomic E-state index is 0.122. The summed E-state index contributed by atoms with van der Waals surface area (Å²) in [6.45, 7) is 0.298. The summed E-state index contributed by atoms with van der Waals surface area (Å²) in [6, 6.07) is 7.22. The number of sulfonamides is 1. The van der Waals surface area contributed by atoms with Crippen molar-refractivity contribution >= 4 is 21.6 Å². The lowest BCUT2D eigenvalue weighted by atomic mass is 10.2. The van der Waals surface area contributed by atoms with E-state index < -0.39 is 10.0 Å². The minimum Gasteiger partial charge on any atom is -0.490 e. The first-order valence-corrected chi connectivity index (χ1v) is 9.68. The van der Waals surface area contributed by atoms with E-state index in [9.17, 15) is 13.2 Å². The molecule has 7 heteroatoms. The van der Waals surface area contributed by atoms with Gasteiger partial charge in [0.05, 0.1) is 18.4 Å². The highest BCUT2D eigenvalue weighted by atomic mass is 32.2. The molecule has 1 saturated heterocycles. The van der Waals surface area contributed by atoms with Crippen LogP contribution in [-0.2, 0) is 14.8 Å². The van der Waals surface area contributed by atoms with Crippen LogP contribution < -0.4 is 10.1 Å². The molecule has 1 saturated carbocycles. The van der Waals surface area contributed by atoms with Crippen LogP contribution >= 0.6 is 0 Å². The van der Waals surface area contributed by atoms with Crippen molar-refractivity contribution in [2.24, 2.45) is 0 Å². The zero-order valence-corrected chi connectivity index (χ0v) is 13.8. The van der Waals surface area contributed by atoms with Crippen molar-refractivity contribution in [1.29, 1.82) is 0 Å². The number of hydrogen-bond donors (Lipinski definition) is 1. The number of carbonyl (C=O) groups is 1. The fraction of sp³-hybridized carbons (Fsp3) is 0.562. The number of nitrogens with one attached hydrogen (secondary N) is 1. The molecule has 1 aliphatic heterocycles. The second-order valence-electron chi connectivity index (χ2n) is 6.10. The van der Waals surface area contributed by atoms with Crippen molar-refractivity contribution in [2.45, 2.75) is 38.2 Å². The summed E-state index contributed by atoms with van der Waals surface area (Å²) in [6.07, 6.45) is 5.53. The summed E-state index contributed by atoms with van der Waals surface area (Å²) in [4.78, 5) is 12.0. The van der Waals surface area contributed by atoms with Crippen LogP contribution in [0.15, 0.2) is 24.3 Å². The van der Waals surface area contributed by atoms with Gasteiger partial charge in [-0.3, -0.25) is 4.79 Å². The molecule has 0 spiro atoms. The monoisotopic (exact) mass is 338 g/mol. The van der Waals surface area contributed by atoms with Crippen LogP contribution in [0.5, 0.6) is 5.75 Å². The highest BCUT2D eigenvalue weighted by Crippen LogP contribution is 2.25. The van der Waals surface area contributed by atoms with Gasteiger partial charge in [0.25, 0.3) is 0 Å². The van der Waals surface area contributed by atoms with Crippen molar-refractivity contribution in [1.82, 2.24) is 4.31 Å². The number of anilines is 1. The molecule has 1 amide bonds. The Morgan fingerprint density at radius 3 is 2.48 bits per heavy atom. The van der Waals surface area contributed by atoms with Crippen LogP contribution in [0.4, 0.5) is 5.69 Å². The maximum absolute atomic E-state index is 12.0. The van der Waals surface area contributed by atoms with Crippen LogP contribution in [-0.4, -0.2) is 43.6 Å². The molecule has 3 rings (SSSR count). The molecule has 2 aliphatic rings. The first kappa shape index (κ1) is 16.3. The summed E-state index contributed by atoms with van der Waals surface area (Å²) in [7, 11) is -3.24. The van der Waals surface area contributed by atoms with Crippen LogP contribution in [0.1, 0.15) is 32.1 Å². The van der Waals surface area contributed by atoms with Gasteiger partial charge in [0, 0.05) is 12.2 Å². The second-order valence-corrected chi connectivity index (χ2v) is 8.19. The summed E-state index contributed by atoms with van der Waals surface area (Å²) < 4.78 is 30.5. The fourth-order valence-electron chi connectivity index (χ4n) is 3.05. The van der Waals surface area contributed by atoms with Crippen molar-refractivity contribution < 1.29 is 17.9 Å². The smallest absolute Gasteiger partial charge is 0.239 e. The molecule has 6 nitrogen and oxygen atoms in total. The number of carbonyl (C=O) groups excluding carboxylic acids is 1. The van der Waals surface area contributed by atoms with Gasteiger partial charge in [0.2, 0.25) is 15.9 Å². The van der Waals surface area contributed by atoms with Gasteiger partial charge in [-0.1, -0.05) is 0 Å². The summed E-state index contributed by atoms with van der Waals surface area (Å²) >= 11 is 0. The largest absolute Gasteiger partial charge is 0.490 e. The molecule has 126 valence electrons. The van der Waals surface area contributed by atoms with E-state index in [1.807, 2.05) is 12.1 Å². The molecule has 23 heavy (non-hydrogen) atoms. The Morgan fingerprint density at radius 2 is 1.87 bits per heavy atom. The molecule has 1 aromatic rings. The van der Waals surface area contributed by atoms with Gasteiger partial charge in [0.1, 0.15) is 5.75 Å². The van der Waals surface area contributed by atoms with Gasteiger partial charge in [-0.15, -0.1) is 0 Å². The summed E-state index contributed by atoms with van der Waals surface area (Å²) in [5.74, 6) is 0.616. The average molecular weight is 338 g/mol. The number of ether oxygens (including phenoxy) is 1. The Hall–Kier alpha value is -1.60. The lowest BCUT2D eigenvalue weighted by Gasteiger charge is -2.15. The Labute approximate surface area is 136 Å². The van der Waals surface area contributed by atoms with E-state index >= 15 is 0 Å². The Kier molecular flexibility index (Phi) is 4.87. The van der Waals surface area contributed by atoms with Crippen LogP contribution in [0.3, 0.4) is 0 Å². The molecule has 0 bridgehead atoms. The lowest BCUT2D eigenvalue weighted by molar-refractivity contribution is -0.116. The van der Waals surface area contributed by atoms with E-state index in [0.29, 0.717) is 24.8 Å². The predicted molar refractivity (Wildman–Crippen MR) is 87.9 cm³/mol. The number of hydrogen-bond acceptors (Lipinski definition) is 4. The topological polar surface area (TPSA) is 75.7 Å². The Morgan fingerprint density at radius 1 is 1.17 bits per heavy atom. The second kappa shape index (κ2) is 6.88. The predicted octanol–water partition coefficient (Wildman–Crippen LogP) is 1.98. The molecule has 1 heterocycles. The first-order chi connectivity index (χ1) is 11.0. The van der Waals surface area contributed by atoms with Gasteiger partial charge >= 0.3 is 0 Å². The van der Waals surface area contributed by atoms with Gasteiger partial charge in [-0.2, -0.15) is 4.31 Å². The van der Waals surface area contributed by atoms with Crippen LogP contribution in [0, 0.1) is 0 Å². The standard InChI is InChI=1S/C16H22N2O4S/c19-16(12-18-10-3-11-23(18,20)21)17-13-6-8-15(9-7-13)22-14-4-1-2-5-14/h6-9,14H,1-5,10-12H2,(H,17,19). The van der Waals surface area contributed by atoms with Crippen LogP contribution in [0.25, 0.3) is 0 Å². The fourth-order valence-corrected chi connectivity index (χ4v) is 4.52. The van der Waals surface area contributed by atoms with Crippen molar-refractivity contribution in [2.75, 3.05) is 24.2 Å². The molecule has 0 radical (unpaired) electrons. The summed E-state index contributed by atoms with van der Waals surface area (Å²) in [5, 5.41) is 2.73. The van der Waals surface area contributed by atoms with Gasteiger partial charge in [0.15, 0.2) is 0 Å². The van der Waals surface area contributed by atoms with E-state index in [2.05, 4.69) is 5.32 Å². The lowest BCUT2D eigenvalue weighted by Crippen LogP contribution is -2.34. The van der Waals surface area contributed by atoms with Gasteiger partial charge in [-0.25, -0.2) is 8.42 Å². The highest BCUT2D eigenvalue weighted by molar-refractivity contribution is 7.89. The number of nitrogens with zero attached hydrogens (tertiary/aromatic N) is 1. The molecule has 2 fully saturated rings. The zero-order valence-electron chi connectivity index (χ0n) is 13.0. The Balaban J connectivity index is 1.52. The zero-order chi connectivity index (χ0) is 16.3. The van der Waals surface area contributed by atoms with E-state index in [-0.39, 0.29) is 18.2 Å². The quantitative estimate of drug-likeness (QED) is 0.891. The molecule has 0 unspecified atom stereocenters. The summed E-state index contributed by atoms with van der Waals surface area (Å²) in [5.41, 5.74) is 0.644. The maximum atomic E-state index is 12.0. The molecule has 1 aliphatic carbocycles. The van der Waals surface area contributed by atoms with Crippen LogP contribution in [0.2, 0.25) is 0 Å². The number of amides is 1. The molecular weight excluding hydrogens is 316 g/mol. The van der Waals surface area contributed by atoms with Crippen molar-refractivity contribution in [3.05, 3.63) is 24.3 Å². The third kappa shape index (κ3) is 4.23. The van der Waals surface area contributed by atoms with Crippen molar-refractivity contribution in [3.8, 4) is 5.75 Å². The van der Waals surface area contributed by atoms with E-state index in [0.717, 1.165) is 18.6 Å². The normalized spacial score (nSPS) is 21.4. The maximum Gasteiger partial charge on any atom is 0.239 e. The molecule has 1 N–H and O–H groups in total. The van der Waals surface area contributed by atoms with Crippen molar-refractivity contribution in [3.63, 3.8) is 0 Å². The Bertz CT molecular complexity index is 651. The molecular formula is C16H22N2O4S. The van der Waals surface area contributed by atoms with E-state index in [1.54, 1.807) is 12.1 Å². The average Bonchev–Trinajstić information content (AvgIpc) is 3.11. The highest BCUT2D eigenvalue weighted by Gasteiger charge is 2.29. The first-order valence-electron chi connectivity index (χ1n) is 8.07. The molecule has 0 atom stereocenters. The van der Waals surface area contributed by atoms with E-state index in [4.69, 9.17) is 4.74 Å². The third-order valence-electron chi connectivity index (χ3n) is 4.27. The third-order valence-corrected chi connectivity index (χ3v) is 6.17. The van der Waals surface area contributed by atoms with E-state index in [1.165, 1.54) is 17.1 Å². The van der Waals surface area contributed by atoms with Gasteiger partial charge < -0.3 is 10.1 Å². The van der Waals surface area contributed by atoms with Gasteiger partial charge in [-0.05, 0) is 56.4 Å². The number of rotatable bonds is 5. The minimum atomic E-state index is -3.24. The number of benzene rings is 1. The molecule has 0 aromatic heterocycles. The molecule has 1 aromatic carbocycles. The SMILES string of the molecule is O=C(CN1CCCS1(=O)=O)Nc1ccc(OC2CCCC2)cc1.